The molecule has 0 radical (unpaired) electrons. The van der Waals surface area contributed by atoms with Gasteiger partial charge in [0.15, 0.2) is 0 Å². The molecule has 2 aromatic rings. The Labute approximate surface area is 140 Å². The molecule has 0 aromatic heterocycles. The molecule has 2 aromatic carbocycles. The minimum Gasteiger partial charge on any atom is -0.351 e. The van der Waals surface area contributed by atoms with Crippen LogP contribution in [0.15, 0.2) is 42.5 Å². The highest BCUT2D eigenvalue weighted by Crippen LogP contribution is 2.20. The van der Waals surface area contributed by atoms with Gasteiger partial charge in [0.05, 0.1) is 5.02 Å². The van der Waals surface area contributed by atoms with Crippen LogP contribution in [0.3, 0.4) is 0 Å². The summed E-state index contributed by atoms with van der Waals surface area (Å²) < 4.78 is 0.882. The Balaban J connectivity index is 2.08. The summed E-state index contributed by atoms with van der Waals surface area (Å²) >= 11 is 8.08. The number of rotatable bonds is 3. The van der Waals surface area contributed by atoms with Gasteiger partial charge in [0.2, 0.25) is 0 Å². The van der Waals surface area contributed by atoms with Crippen molar-refractivity contribution in [2.45, 2.75) is 0 Å². The molecule has 0 atom stereocenters. The largest absolute Gasteiger partial charge is 0.351 e. The van der Waals surface area contributed by atoms with E-state index in [1.807, 2.05) is 0 Å². The highest BCUT2D eigenvalue weighted by molar-refractivity contribution is 14.1. The Bertz CT molecular complexity index is 689. The molecule has 0 heterocycles. The zero-order chi connectivity index (χ0) is 15.4. The molecule has 0 spiro atoms. The number of primary amides is 1. The van der Waals surface area contributed by atoms with Crippen LogP contribution in [0.5, 0.6) is 0 Å². The third-order valence-electron chi connectivity index (χ3n) is 2.59. The molecule has 0 aliphatic carbocycles. The maximum atomic E-state index is 12.1. The molecule has 5 nitrogen and oxygen atoms in total. The molecule has 2 rings (SSSR count). The van der Waals surface area contributed by atoms with Gasteiger partial charge in [-0.15, -0.1) is 0 Å². The standard InChI is InChI=1S/C14H11ClIN3O2/c15-11-7-8(1-6-12(11)16)13(20)18-9-2-4-10(5-3-9)19-14(17)21/h1-7H,(H,18,20)(H3,17,19,21). The van der Waals surface area contributed by atoms with E-state index >= 15 is 0 Å². The number of benzene rings is 2. The molecule has 0 saturated carbocycles. The number of carbonyl (C=O) groups excluding carboxylic acids is 2. The Morgan fingerprint density at radius 2 is 1.57 bits per heavy atom. The van der Waals surface area contributed by atoms with E-state index in [1.54, 1.807) is 42.5 Å². The lowest BCUT2D eigenvalue weighted by molar-refractivity contribution is 0.102. The zero-order valence-electron chi connectivity index (χ0n) is 10.7. The van der Waals surface area contributed by atoms with Gasteiger partial charge in [0.25, 0.3) is 5.91 Å². The quantitative estimate of drug-likeness (QED) is 0.668. The van der Waals surface area contributed by atoms with Crippen molar-refractivity contribution >= 4 is 57.5 Å². The number of anilines is 2. The van der Waals surface area contributed by atoms with E-state index in [9.17, 15) is 9.59 Å². The molecule has 108 valence electrons. The van der Waals surface area contributed by atoms with Gasteiger partial charge in [-0.2, -0.15) is 0 Å². The summed E-state index contributed by atoms with van der Waals surface area (Å²) in [5.41, 5.74) is 6.64. The van der Waals surface area contributed by atoms with Crippen LogP contribution in [-0.2, 0) is 0 Å². The van der Waals surface area contributed by atoms with Crippen LogP contribution < -0.4 is 16.4 Å². The molecular formula is C14H11ClIN3O2. The summed E-state index contributed by atoms with van der Waals surface area (Å²) in [6.45, 7) is 0. The van der Waals surface area contributed by atoms with E-state index in [0.29, 0.717) is 22.0 Å². The second kappa shape index (κ2) is 6.77. The second-order valence-corrected chi connectivity index (χ2v) is 5.72. The lowest BCUT2D eigenvalue weighted by atomic mass is 10.2. The van der Waals surface area contributed by atoms with Gasteiger partial charge in [-0.05, 0) is 65.1 Å². The lowest BCUT2D eigenvalue weighted by Gasteiger charge is -2.07. The first kappa shape index (κ1) is 15.6. The van der Waals surface area contributed by atoms with Crippen LogP contribution >= 0.6 is 34.2 Å². The Kier molecular flexibility index (Phi) is 5.03. The number of hydrogen-bond donors (Lipinski definition) is 3. The fraction of sp³-hybridized carbons (Fsp3) is 0. The molecule has 4 N–H and O–H groups in total. The Morgan fingerprint density at radius 1 is 1.00 bits per heavy atom. The van der Waals surface area contributed by atoms with Crippen molar-refractivity contribution in [3.8, 4) is 0 Å². The number of urea groups is 1. The van der Waals surface area contributed by atoms with Crippen molar-refractivity contribution in [2.24, 2.45) is 5.73 Å². The Hall–Kier alpha value is -1.80. The average molecular weight is 416 g/mol. The second-order valence-electron chi connectivity index (χ2n) is 4.15. The molecule has 0 bridgehead atoms. The van der Waals surface area contributed by atoms with Crippen LogP contribution in [0.2, 0.25) is 5.02 Å². The SMILES string of the molecule is NC(=O)Nc1ccc(NC(=O)c2ccc(I)c(Cl)c2)cc1. The minimum atomic E-state index is -0.639. The fourth-order valence-electron chi connectivity index (χ4n) is 1.62. The van der Waals surface area contributed by atoms with Crippen LogP contribution in [0, 0.1) is 3.57 Å². The smallest absolute Gasteiger partial charge is 0.316 e. The van der Waals surface area contributed by atoms with Gasteiger partial charge in [-0.3, -0.25) is 4.79 Å². The van der Waals surface area contributed by atoms with Crippen LogP contribution in [0.25, 0.3) is 0 Å². The normalized spacial score (nSPS) is 10.0. The number of nitrogens with one attached hydrogen (secondary N) is 2. The molecule has 0 fully saturated rings. The third-order valence-corrected chi connectivity index (χ3v) is 4.16. The molecular weight excluding hydrogens is 405 g/mol. The number of halogens is 2. The maximum absolute atomic E-state index is 12.1. The molecule has 21 heavy (non-hydrogen) atoms. The van der Waals surface area contributed by atoms with Gasteiger partial charge < -0.3 is 16.4 Å². The van der Waals surface area contributed by atoms with Gasteiger partial charge in [-0.1, -0.05) is 11.6 Å². The van der Waals surface area contributed by atoms with Crippen molar-refractivity contribution in [3.05, 3.63) is 56.6 Å². The summed E-state index contributed by atoms with van der Waals surface area (Å²) in [4.78, 5) is 22.8. The lowest BCUT2D eigenvalue weighted by Crippen LogP contribution is -2.19. The van der Waals surface area contributed by atoms with Crippen LogP contribution in [-0.4, -0.2) is 11.9 Å². The van der Waals surface area contributed by atoms with Crippen molar-refractivity contribution < 1.29 is 9.59 Å². The predicted octanol–water partition coefficient (Wildman–Crippen LogP) is 3.69. The number of hydrogen-bond acceptors (Lipinski definition) is 2. The van der Waals surface area contributed by atoms with E-state index in [1.165, 1.54) is 0 Å². The first-order valence-corrected chi connectivity index (χ1v) is 7.34. The van der Waals surface area contributed by atoms with Gasteiger partial charge in [0, 0.05) is 20.5 Å². The highest BCUT2D eigenvalue weighted by atomic mass is 127. The van der Waals surface area contributed by atoms with Crippen molar-refractivity contribution in [3.63, 3.8) is 0 Å². The molecule has 7 heteroatoms. The van der Waals surface area contributed by atoms with Gasteiger partial charge in [0.1, 0.15) is 0 Å². The average Bonchev–Trinajstić information content (AvgIpc) is 2.43. The van der Waals surface area contributed by atoms with Crippen molar-refractivity contribution in [1.82, 2.24) is 0 Å². The Morgan fingerprint density at radius 3 is 2.10 bits per heavy atom. The monoisotopic (exact) mass is 415 g/mol. The molecule has 0 aliphatic heterocycles. The molecule has 0 aliphatic rings. The summed E-state index contributed by atoms with van der Waals surface area (Å²) in [5.74, 6) is -0.260. The van der Waals surface area contributed by atoms with E-state index in [-0.39, 0.29) is 5.91 Å². The summed E-state index contributed by atoms with van der Waals surface area (Å²) in [6, 6.07) is 11.1. The van der Waals surface area contributed by atoms with E-state index in [2.05, 4.69) is 33.2 Å². The van der Waals surface area contributed by atoms with Crippen LogP contribution in [0.4, 0.5) is 16.2 Å². The predicted molar refractivity (Wildman–Crippen MR) is 91.8 cm³/mol. The summed E-state index contributed by atoms with van der Waals surface area (Å²) in [7, 11) is 0. The van der Waals surface area contributed by atoms with Gasteiger partial charge in [-0.25, -0.2) is 4.79 Å². The first-order valence-electron chi connectivity index (χ1n) is 5.88. The summed E-state index contributed by atoms with van der Waals surface area (Å²) in [6.07, 6.45) is 0. The zero-order valence-corrected chi connectivity index (χ0v) is 13.6. The van der Waals surface area contributed by atoms with Crippen molar-refractivity contribution in [2.75, 3.05) is 10.6 Å². The number of carbonyl (C=O) groups is 2. The fourth-order valence-corrected chi connectivity index (χ4v) is 2.14. The molecule has 3 amide bonds. The molecule has 0 saturated heterocycles. The molecule has 0 unspecified atom stereocenters. The number of nitrogens with two attached hydrogens (primary N) is 1. The number of amides is 3. The highest BCUT2D eigenvalue weighted by Gasteiger charge is 2.08. The maximum Gasteiger partial charge on any atom is 0.316 e. The topological polar surface area (TPSA) is 84.2 Å². The van der Waals surface area contributed by atoms with E-state index in [4.69, 9.17) is 17.3 Å². The van der Waals surface area contributed by atoms with Crippen LogP contribution in [0.1, 0.15) is 10.4 Å². The van der Waals surface area contributed by atoms with E-state index < -0.39 is 6.03 Å². The van der Waals surface area contributed by atoms with Gasteiger partial charge >= 0.3 is 6.03 Å². The first-order chi connectivity index (χ1) is 9.95. The van der Waals surface area contributed by atoms with Crippen molar-refractivity contribution in [1.29, 1.82) is 0 Å². The summed E-state index contributed by atoms with van der Waals surface area (Å²) in [5, 5.41) is 5.71. The minimum absolute atomic E-state index is 0.260. The van der Waals surface area contributed by atoms with E-state index in [0.717, 1.165) is 3.57 Å². The third kappa shape index (κ3) is 4.33.